The second kappa shape index (κ2) is 6.14. The Labute approximate surface area is 74.6 Å². The second-order valence-electron chi connectivity index (χ2n) is 2.47. The molecule has 0 spiro atoms. The highest BCUT2D eigenvalue weighted by Crippen LogP contribution is 2.04. The Balaban J connectivity index is 3.63. The van der Waals surface area contributed by atoms with E-state index in [2.05, 4.69) is 0 Å². The van der Waals surface area contributed by atoms with Crippen LogP contribution in [0.2, 0.25) is 0 Å². The van der Waals surface area contributed by atoms with Crippen molar-refractivity contribution in [2.24, 2.45) is 5.92 Å². The predicted molar refractivity (Wildman–Crippen MR) is 46.1 cm³/mol. The SMILES string of the molecule is CCOC(=O)C(C)CCS(=O)O. The summed E-state index contributed by atoms with van der Waals surface area (Å²) in [4.78, 5) is 11.0. The van der Waals surface area contributed by atoms with Gasteiger partial charge < -0.3 is 9.29 Å². The average molecular weight is 194 g/mol. The molecule has 0 bridgehead atoms. The Morgan fingerprint density at radius 2 is 2.25 bits per heavy atom. The van der Waals surface area contributed by atoms with E-state index in [1.165, 1.54) is 0 Å². The van der Waals surface area contributed by atoms with Crippen molar-refractivity contribution in [2.45, 2.75) is 20.3 Å². The monoisotopic (exact) mass is 194 g/mol. The molecule has 0 saturated carbocycles. The minimum Gasteiger partial charge on any atom is -0.466 e. The van der Waals surface area contributed by atoms with E-state index in [0.717, 1.165) is 0 Å². The van der Waals surface area contributed by atoms with E-state index in [4.69, 9.17) is 9.29 Å². The molecule has 12 heavy (non-hydrogen) atoms. The van der Waals surface area contributed by atoms with Crippen molar-refractivity contribution in [2.75, 3.05) is 12.4 Å². The summed E-state index contributed by atoms with van der Waals surface area (Å²) in [6.07, 6.45) is 0.391. The zero-order valence-corrected chi connectivity index (χ0v) is 8.10. The van der Waals surface area contributed by atoms with E-state index in [-0.39, 0.29) is 17.6 Å². The van der Waals surface area contributed by atoms with E-state index < -0.39 is 11.1 Å². The van der Waals surface area contributed by atoms with E-state index in [0.29, 0.717) is 13.0 Å². The number of hydrogen-bond donors (Lipinski definition) is 1. The van der Waals surface area contributed by atoms with Gasteiger partial charge >= 0.3 is 5.97 Å². The summed E-state index contributed by atoms with van der Waals surface area (Å²) in [5.41, 5.74) is 0. The fourth-order valence-corrected chi connectivity index (χ4v) is 1.24. The first-order chi connectivity index (χ1) is 5.57. The molecule has 0 amide bonds. The molecular formula is C7H14O4S. The van der Waals surface area contributed by atoms with Crippen molar-refractivity contribution < 1.29 is 18.3 Å². The smallest absolute Gasteiger partial charge is 0.308 e. The summed E-state index contributed by atoms with van der Waals surface area (Å²) in [7, 11) is 0. The second-order valence-corrected chi connectivity index (χ2v) is 3.52. The molecule has 72 valence electrons. The average Bonchev–Trinajstić information content (AvgIpc) is 2.00. The minimum atomic E-state index is -1.81. The highest BCUT2D eigenvalue weighted by molar-refractivity contribution is 7.79. The Bertz CT molecular complexity index is 169. The third-order valence-corrected chi connectivity index (χ3v) is 2.00. The summed E-state index contributed by atoms with van der Waals surface area (Å²) in [6, 6.07) is 0. The maximum atomic E-state index is 11.0. The highest BCUT2D eigenvalue weighted by atomic mass is 32.2. The number of hydrogen-bond acceptors (Lipinski definition) is 3. The van der Waals surface area contributed by atoms with Crippen molar-refractivity contribution in [1.29, 1.82) is 0 Å². The molecule has 0 aliphatic carbocycles. The number of carbonyl (C=O) groups is 1. The van der Waals surface area contributed by atoms with Crippen LogP contribution in [0.3, 0.4) is 0 Å². The standard InChI is InChI=1S/C7H14O4S/c1-3-11-7(8)6(2)4-5-12(9)10/h6H,3-5H2,1-2H3,(H,9,10). The predicted octanol–water partition coefficient (Wildman–Crippen LogP) is 0.797. The van der Waals surface area contributed by atoms with Crippen LogP contribution < -0.4 is 0 Å². The number of rotatable bonds is 5. The van der Waals surface area contributed by atoms with Crippen LogP contribution >= 0.6 is 0 Å². The van der Waals surface area contributed by atoms with Gasteiger partial charge in [0.25, 0.3) is 0 Å². The van der Waals surface area contributed by atoms with Gasteiger partial charge in [0.1, 0.15) is 0 Å². The molecule has 1 N–H and O–H groups in total. The van der Waals surface area contributed by atoms with Crippen LogP contribution in [-0.2, 0) is 20.6 Å². The van der Waals surface area contributed by atoms with E-state index in [1.807, 2.05) is 0 Å². The fraction of sp³-hybridized carbons (Fsp3) is 0.857. The molecule has 0 heterocycles. The van der Waals surface area contributed by atoms with Gasteiger partial charge in [-0.3, -0.25) is 4.79 Å². The lowest BCUT2D eigenvalue weighted by Crippen LogP contribution is -2.16. The van der Waals surface area contributed by atoms with Gasteiger partial charge in [-0.15, -0.1) is 0 Å². The molecule has 5 heteroatoms. The van der Waals surface area contributed by atoms with Crippen LogP contribution in [0.15, 0.2) is 0 Å². The number of carbonyl (C=O) groups excluding carboxylic acids is 1. The summed E-state index contributed by atoms with van der Waals surface area (Å²) in [5.74, 6) is -0.469. The van der Waals surface area contributed by atoms with E-state index in [1.54, 1.807) is 13.8 Å². The van der Waals surface area contributed by atoms with E-state index in [9.17, 15) is 9.00 Å². The number of ether oxygens (including phenoxy) is 1. The van der Waals surface area contributed by atoms with E-state index >= 15 is 0 Å². The highest BCUT2D eigenvalue weighted by Gasteiger charge is 2.14. The van der Waals surface area contributed by atoms with Gasteiger partial charge in [-0.2, -0.15) is 0 Å². The topological polar surface area (TPSA) is 63.6 Å². The minimum absolute atomic E-state index is 0.125. The lowest BCUT2D eigenvalue weighted by atomic mass is 10.1. The maximum absolute atomic E-state index is 11.0. The Kier molecular flexibility index (Phi) is 5.92. The first kappa shape index (κ1) is 11.6. The molecule has 0 radical (unpaired) electrons. The number of esters is 1. The Hall–Kier alpha value is -0.420. The third kappa shape index (κ3) is 5.26. The molecule has 0 aromatic carbocycles. The van der Waals surface area contributed by atoms with Gasteiger partial charge in [-0.05, 0) is 13.3 Å². The first-order valence-corrected chi connectivity index (χ1v) is 5.09. The lowest BCUT2D eigenvalue weighted by molar-refractivity contribution is -0.147. The molecular weight excluding hydrogens is 180 g/mol. The molecule has 2 atom stereocenters. The molecule has 0 aliphatic heterocycles. The van der Waals surface area contributed by atoms with Crippen molar-refractivity contribution in [1.82, 2.24) is 0 Å². The maximum Gasteiger partial charge on any atom is 0.308 e. The van der Waals surface area contributed by atoms with Gasteiger partial charge in [0.15, 0.2) is 11.1 Å². The Morgan fingerprint density at radius 1 is 1.67 bits per heavy atom. The van der Waals surface area contributed by atoms with Gasteiger partial charge in [-0.1, -0.05) is 6.92 Å². The summed E-state index contributed by atoms with van der Waals surface area (Å²) < 4.78 is 23.4. The van der Waals surface area contributed by atoms with Crippen LogP contribution in [0.25, 0.3) is 0 Å². The van der Waals surface area contributed by atoms with Crippen molar-refractivity contribution >= 4 is 17.0 Å². The third-order valence-electron chi connectivity index (χ3n) is 1.41. The fourth-order valence-electron chi connectivity index (χ4n) is 0.680. The van der Waals surface area contributed by atoms with Crippen LogP contribution in [0.5, 0.6) is 0 Å². The molecule has 4 nitrogen and oxygen atoms in total. The zero-order valence-electron chi connectivity index (χ0n) is 7.28. The molecule has 0 saturated heterocycles. The molecule has 0 aromatic rings. The van der Waals surface area contributed by atoms with Crippen LogP contribution in [0.1, 0.15) is 20.3 Å². The first-order valence-electron chi connectivity index (χ1n) is 3.82. The molecule has 2 unspecified atom stereocenters. The van der Waals surface area contributed by atoms with Gasteiger partial charge in [-0.25, -0.2) is 4.21 Å². The molecule has 0 fully saturated rings. The zero-order chi connectivity index (χ0) is 9.56. The summed E-state index contributed by atoms with van der Waals surface area (Å²) in [6.45, 7) is 3.77. The normalized spacial score (nSPS) is 15.2. The quantitative estimate of drug-likeness (QED) is 0.519. The van der Waals surface area contributed by atoms with Gasteiger partial charge in [0.2, 0.25) is 0 Å². The molecule has 0 aliphatic rings. The van der Waals surface area contributed by atoms with Gasteiger partial charge in [0, 0.05) is 0 Å². The Morgan fingerprint density at radius 3 is 2.67 bits per heavy atom. The van der Waals surface area contributed by atoms with Crippen LogP contribution in [-0.4, -0.2) is 27.1 Å². The van der Waals surface area contributed by atoms with Crippen molar-refractivity contribution in [3.05, 3.63) is 0 Å². The molecule has 0 aromatic heterocycles. The summed E-state index contributed by atoms with van der Waals surface area (Å²) in [5, 5.41) is 0. The van der Waals surface area contributed by atoms with Gasteiger partial charge in [0.05, 0.1) is 18.3 Å². The van der Waals surface area contributed by atoms with Crippen molar-refractivity contribution in [3.63, 3.8) is 0 Å². The molecule has 0 rings (SSSR count). The van der Waals surface area contributed by atoms with Crippen molar-refractivity contribution in [3.8, 4) is 0 Å². The lowest BCUT2D eigenvalue weighted by Gasteiger charge is -2.07. The van der Waals surface area contributed by atoms with Crippen LogP contribution in [0, 0.1) is 5.92 Å². The summed E-state index contributed by atoms with van der Waals surface area (Å²) >= 11 is -1.81. The van der Waals surface area contributed by atoms with Crippen LogP contribution in [0.4, 0.5) is 0 Å². The largest absolute Gasteiger partial charge is 0.466 e.